The molecule has 1 heterocycles. The molecule has 3 nitrogen and oxygen atoms in total. The van der Waals surface area contributed by atoms with Gasteiger partial charge >= 0.3 is 0 Å². The number of hydrogen-bond acceptors (Lipinski definition) is 2. The molecule has 0 saturated carbocycles. The van der Waals surface area contributed by atoms with Crippen LogP contribution < -0.4 is 5.32 Å². The Morgan fingerprint density at radius 2 is 1.89 bits per heavy atom. The summed E-state index contributed by atoms with van der Waals surface area (Å²) in [6.45, 7) is 0. The number of rotatable bonds is 2. The van der Waals surface area contributed by atoms with Gasteiger partial charge in [0.2, 0.25) is 0 Å². The molecule has 92 valence electrons. The average Bonchev–Trinajstić information content (AvgIpc) is 2.33. The highest BCUT2D eigenvalue weighted by Gasteiger charge is 2.11. The molecule has 1 amide bonds. The Balaban J connectivity index is 2.24. The summed E-state index contributed by atoms with van der Waals surface area (Å²) in [5, 5.41) is 3.79. The fourth-order valence-corrected chi connectivity index (χ4v) is 2.00. The Labute approximate surface area is 119 Å². The van der Waals surface area contributed by atoms with E-state index in [-0.39, 0.29) is 10.9 Å². The second kappa shape index (κ2) is 5.57. The maximum atomic E-state index is 12.0. The molecule has 18 heavy (non-hydrogen) atoms. The van der Waals surface area contributed by atoms with Crippen LogP contribution in [0.3, 0.4) is 0 Å². The average molecular weight is 302 g/mol. The number of anilines is 1. The predicted octanol–water partition coefficient (Wildman–Crippen LogP) is 4.29. The molecule has 1 aromatic carbocycles. The first kappa shape index (κ1) is 13.1. The van der Waals surface area contributed by atoms with Crippen molar-refractivity contribution in [1.29, 1.82) is 0 Å². The van der Waals surface area contributed by atoms with Gasteiger partial charge in [-0.1, -0.05) is 34.8 Å². The van der Waals surface area contributed by atoms with E-state index in [0.29, 0.717) is 21.3 Å². The first-order chi connectivity index (χ1) is 8.58. The molecule has 2 rings (SSSR count). The minimum absolute atomic E-state index is 0.278. The number of nitrogens with zero attached hydrogens (tertiary/aromatic N) is 1. The summed E-state index contributed by atoms with van der Waals surface area (Å²) in [7, 11) is 0. The zero-order chi connectivity index (χ0) is 13.1. The minimum atomic E-state index is -0.355. The molecular weight excluding hydrogens is 295 g/mol. The zero-order valence-electron chi connectivity index (χ0n) is 8.95. The van der Waals surface area contributed by atoms with Gasteiger partial charge < -0.3 is 5.32 Å². The van der Waals surface area contributed by atoms with Crippen LogP contribution in [0.4, 0.5) is 5.69 Å². The number of carbonyl (C=O) groups excluding carboxylic acids is 1. The summed E-state index contributed by atoms with van der Waals surface area (Å²) < 4.78 is 0. The standard InChI is InChI=1S/C12H7Cl3N2O/c13-7-1-2-11(9(14)5-7)17-12(18)8-3-4-16-6-10(8)15/h1-6H,(H,17,18). The zero-order valence-corrected chi connectivity index (χ0v) is 11.2. The second-order valence-electron chi connectivity index (χ2n) is 3.43. The van der Waals surface area contributed by atoms with Crippen molar-refractivity contribution in [1.82, 2.24) is 4.98 Å². The summed E-state index contributed by atoms with van der Waals surface area (Å²) in [5.74, 6) is -0.355. The molecule has 0 aliphatic heterocycles. The van der Waals surface area contributed by atoms with Gasteiger partial charge in [-0.25, -0.2) is 0 Å². The second-order valence-corrected chi connectivity index (χ2v) is 4.68. The van der Waals surface area contributed by atoms with Crippen LogP contribution in [0.2, 0.25) is 15.1 Å². The maximum Gasteiger partial charge on any atom is 0.257 e. The van der Waals surface area contributed by atoms with E-state index in [1.807, 2.05) is 0 Å². The molecular formula is C12H7Cl3N2O. The quantitative estimate of drug-likeness (QED) is 0.899. The Bertz CT molecular complexity index is 602. The lowest BCUT2D eigenvalue weighted by Crippen LogP contribution is -2.12. The Hall–Kier alpha value is -1.29. The molecule has 0 aliphatic rings. The van der Waals surface area contributed by atoms with Crippen molar-refractivity contribution in [2.24, 2.45) is 0 Å². The molecule has 0 unspecified atom stereocenters. The molecule has 2 aromatic rings. The van der Waals surface area contributed by atoms with Crippen LogP contribution >= 0.6 is 34.8 Å². The summed E-state index contributed by atoms with van der Waals surface area (Å²) in [6.07, 6.45) is 2.89. The van der Waals surface area contributed by atoms with Crippen molar-refractivity contribution in [2.45, 2.75) is 0 Å². The van der Waals surface area contributed by atoms with Crippen LogP contribution in [-0.4, -0.2) is 10.9 Å². The number of halogens is 3. The molecule has 6 heteroatoms. The fourth-order valence-electron chi connectivity index (χ4n) is 1.34. The van der Waals surface area contributed by atoms with E-state index in [9.17, 15) is 4.79 Å². The third-order valence-electron chi connectivity index (χ3n) is 2.20. The number of nitrogens with one attached hydrogen (secondary N) is 1. The SMILES string of the molecule is O=C(Nc1ccc(Cl)cc1Cl)c1ccncc1Cl. The smallest absolute Gasteiger partial charge is 0.257 e. The van der Waals surface area contributed by atoms with Gasteiger partial charge in [-0.2, -0.15) is 0 Å². The van der Waals surface area contributed by atoms with E-state index in [4.69, 9.17) is 34.8 Å². The third kappa shape index (κ3) is 2.93. The van der Waals surface area contributed by atoms with Crippen LogP contribution in [0.1, 0.15) is 10.4 Å². The van der Waals surface area contributed by atoms with Crippen LogP contribution in [0.15, 0.2) is 36.7 Å². The maximum absolute atomic E-state index is 12.0. The lowest BCUT2D eigenvalue weighted by molar-refractivity contribution is 0.102. The van der Waals surface area contributed by atoms with Gasteiger partial charge in [0.25, 0.3) is 5.91 Å². The molecule has 0 saturated heterocycles. The largest absolute Gasteiger partial charge is 0.321 e. The highest BCUT2D eigenvalue weighted by atomic mass is 35.5. The molecule has 0 fully saturated rings. The van der Waals surface area contributed by atoms with Crippen molar-refractivity contribution in [2.75, 3.05) is 5.32 Å². The Morgan fingerprint density at radius 1 is 1.11 bits per heavy atom. The van der Waals surface area contributed by atoms with E-state index in [1.165, 1.54) is 18.5 Å². The van der Waals surface area contributed by atoms with Gasteiger partial charge in [0.15, 0.2) is 0 Å². The van der Waals surface area contributed by atoms with Gasteiger partial charge in [0.1, 0.15) is 0 Å². The van der Waals surface area contributed by atoms with Crippen LogP contribution in [0, 0.1) is 0 Å². The van der Waals surface area contributed by atoms with E-state index < -0.39 is 0 Å². The van der Waals surface area contributed by atoms with Crippen molar-refractivity contribution in [3.8, 4) is 0 Å². The lowest BCUT2D eigenvalue weighted by atomic mass is 10.2. The lowest BCUT2D eigenvalue weighted by Gasteiger charge is -2.08. The van der Waals surface area contributed by atoms with Gasteiger partial charge in [-0.05, 0) is 24.3 Å². The summed E-state index contributed by atoms with van der Waals surface area (Å²) in [6, 6.07) is 6.34. The monoisotopic (exact) mass is 300 g/mol. The first-order valence-electron chi connectivity index (χ1n) is 4.94. The van der Waals surface area contributed by atoms with Crippen molar-refractivity contribution < 1.29 is 4.79 Å². The number of carbonyl (C=O) groups is 1. The molecule has 1 N–H and O–H groups in total. The fraction of sp³-hybridized carbons (Fsp3) is 0. The third-order valence-corrected chi connectivity index (χ3v) is 3.05. The first-order valence-corrected chi connectivity index (χ1v) is 6.07. The molecule has 0 spiro atoms. The van der Waals surface area contributed by atoms with Gasteiger partial charge in [-0.15, -0.1) is 0 Å². The normalized spacial score (nSPS) is 10.2. The van der Waals surface area contributed by atoms with E-state index in [0.717, 1.165) is 0 Å². The van der Waals surface area contributed by atoms with Crippen molar-refractivity contribution >= 4 is 46.4 Å². The van der Waals surface area contributed by atoms with Gasteiger partial charge in [0, 0.05) is 17.4 Å². The Kier molecular flexibility index (Phi) is 4.07. The number of hydrogen-bond donors (Lipinski definition) is 1. The topological polar surface area (TPSA) is 42.0 Å². The van der Waals surface area contributed by atoms with E-state index in [1.54, 1.807) is 18.2 Å². The number of pyridine rings is 1. The van der Waals surface area contributed by atoms with Crippen LogP contribution in [0.5, 0.6) is 0 Å². The molecule has 1 aromatic heterocycles. The molecule has 0 aliphatic carbocycles. The van der Waals surface area contributed by atoms with E-state index >= 15 is 0 Å². The number of aromatic nitrogens is 1. The minimum Gasteiger partial charge on any atom is -0.321 e. The summed E-state index contributed by atoms with van der Waals surface area (Å²) in [5.41, 5.74) is 0.802. The Morgan fingerprint density at radius 3 is 2.56 bits per heavy atom. The van der Waals surface area contributed by atoms with Crippen LogP contribution in [0.25, 0.3) is 0 Å². The van der Waals surface area contributed by atoms with Crippen molar-refractivity contribution in [3.05, 3.63) is 57.3 Å². The highest BCUT2D eigenvalue weighted by Crippen LogP contribution is 2.26. The molecule has 0 radical (unpaired) electrons. The predicted molar refractivity (Wildman–Crippen MR) is 73.7 cm³/mol. The molecule has 0 atom stereocenters. The number of amides is 1. The summed E-state index contributed by atoms with van der Waals surface area (Å²) in [4.78, 5) is 15.8. The van der Waals surface area contributed by atoms with Crippen LogP contribution in [-0.2, 0) is 0 Å². The highest BCUT2D eigenvalue weighted by molar-refractivity contribution is 6.37. The summed E-state index contributed by atoms with van der Waals surface area (Å²) >= 11 is 17.6. The van der Waals surface area contributed by atoms with Gasteiger partial charge in [0.05, 0.1) is 21.3 Å². The van der Waals surface area contributed by atoms with Crippen molar-refractivity contribution in [3.63, 3.8) is 0 Å². The number of benzene rings is 1. The van der Waals surface area contributed by atoms with Gasteiger partial charge in [-0.3, -0.25) is 9.78 Å². The molecule has 0 bridgehead atoms. The van der Waals surface area contributed by atoms with E-state index in [2.05, 4.69) is 10.3 Å².